The van der Waals surface area contributed by atoms with Gasteiger partial charge in [0.25, 0.3) is 0 Å². The summed E-state index contributed by atoms with van der Waals surface area (Å²) in [5, 5.41) is 8.66. The molecule has 0 fully saturated rings. The van der Waals surface area contributed by atoms with Gasteiger partial charge < -0.3 is 5.73 Å². The standard InChI is InChI=1S/C10H9ClN2O/c11-2-1-10(14)8-3-7(6-12)4-9(13)5-8/h3-5H,1-2,13H2. The van der Waals surface area contributed by atoms with E-state index in [1.54, 1.807) is 6.07 Å². The van der Waals surface area contributed by atoms with Crippen molar-refractivity contribution in [3.63, 3.8) is 0 Å². The van der Waals surface area contributed by atoms with Crippen molar-refractivity contribution in [3.8, 4) is 6.07 Å². The molecule has 72 valence electrons. The number of halogens is 1. The van der Waals surface area contributed by atoms with E-state index < -0.39 is 0 Å². The second-order valence-electron chi connectivity index (χ2n) is 2.82. The van der Waals surface area contributed by atoms with Crippen molar-refractivity contribution in [1.82, 2.24) is 0 Å². The molecule has 3 nitrogen and oxygen atoms in total. The van der Waals surface area contributed by atoms with Crippen molar-refractivity contribution in [2.24, 2.45) is 0 Å². The Hall–Kier alpha value is -1.53. The number of nitrogens with two attached hydrogens (primary N) is 1. The van der Waals surface area contributed by atoms with Crippen LogP contribution >= 0.6 is 11.6 Å². The normalized spacial score (nSPS) is 9.43. The van der Waals surface area contributed by atoms with E-state index >= 15 is 0 Å². The molecule has 0 saturated heterocycles. The molecule has 1 aromatic rings. The van der Waals surface area contributed by atoms with E-state index in [4.69, 9.17) is 22.6 Å². The number of carbonyl (C=O) groups is 1. The van der Waals surface area contributed by atoms with Crippen LogP contribution in [0.3, 0.4) is 0 Å². The Labute approximate surface area is 87.1 Å². The SMILES string of the molecule is N#Cc1cc(N)cc(C(=O)CCCl)c1. The molecule has 0 aliphatic heterocycles. The molecular formula is C10H9ClN2O. The molecule has 0 heterocycles. The lowest BCUT2D eigenvalue weighted by Crippen LogP contribution is -2.01. The van der Waals surface area contributed by atoms with Gasteiger partial charge in [0.2, 0.25) is 0 Å². The van der Waals surface area contributed by atoms with E-state index in [0.29, 0.717) is 16.8 Å². The molecule has 0 saturated carbocycles. The second kappa shape index (κ2) is 4.64. The van der Waals surface area contributed by atoms with Crippen LogP contribution in [0, 0.1) is 11.3 Å². The van der Waals surface area contributed by atoms with Gasteiger partial charge >= 0.3 is 0 Å². The highest BCUT2D eigenvalue weighted by molar-refractivity contribution is 6.19. The van der Waals surface area contributed by atoms with Gasteiger partial charge in [0, 0.05) is 23.6 Å². The molecule has 0 aromatic heterocycles. The number of benzene rings is 1. The van der Waals surface area contributed by atoms with Crippen molar-refractivity contribution >= 4 is 23.1 Å². The molecule has 1 rings (SSSR count). The molecule has 0 aliphatic carbocycles. The molecular weight excluding hydrogens is 200 g/mol. The quantitative estimate of drug-likeness (QED) is 0.469. The monoisotopic (exact) mass is 208 g/mol. The maximum atomic E-state index is 11.4. The van der Waals surface area contributed by atoms with Crippen LogP contribution in [0.5, 0.6) is 0 Å². The third-order valence-electron chi connectivity index (χ3n) is 1.73. The smallest absolute Gasteiger partial charge is 0.164 e. The highest BCUT2D eigenvalue weighted by Gasteiger charge is 2.06. The fraction of sp³-hybridized carbons (Fsp3) is 0.200. The average Bonchev–Trinajstić information content (AvgIpc) is 2.17. The van der Waals surface area contributed by atoms with Crippen molar-refractivity contribution in [1.29, 1.82) is 5.26 Å². The summed E-state index contributed by atoms with van der Waals surface area (Å²) in [7, 11) is 0. The first-order chi connectivity index (χ1) is 6.67. The van der Waals surface area contributed by atoms with Crippen LogP contribution in [0.1, 0.15) is 22.3 Å². The van der Waals surface area contributed by atoms with E-state index in [2.05, 4.69) is 0 Å². The lowest BCUT2D eigenvalue weighted by Gasteiger charge is -2.01. The topological polar surface area (TPSA) is 66.9 Å². The van der Waals surface area contributed by atoms with Crippen LogP contribution in [0.15, 0.2) is 18.2 Å². The average molecular weight is 209 g/mol. The van der Waals surface area contributed by atoms with Gasteiger partial charge in [0.05, 0.1) is 11.6 Å². The Balaban J connectivity index is 3.04. The van der Waals surface area contributed by atoms with Crippen LogP contribution in [-0.2, 0) is 0 Å². The predicted molar refractivity (Wildman–Crippen MR) is 55.2 cm³/mol. The van der Waals surface area contributed by atoms with Crippen LogP contribution in [-0.4, -0.2) is 11.7 Å². The zero-order valence-corrected chi connectivity index (χ0v) is 8.21. The van der Waals surface area contributed by atoms with Gasteiger partial charge in [0.15, 0.2) is 5.78 Å². The fourth-order valence-electron chi connectivity index (χ4n) is 1.11. The maximum Gasteiger partial charge on any atom is 0.164 e. The van der Waals surface area contributed by atoms with Crippen molar-refractivity contribution in [2.45, 2.75) is 6.42 Å². The van der Waals surface area contributed by atoms with E-state index in [9.17, 15) is 4.79 Å². The lowest BCUT2D eigenvalue weighted by atomic mass is 10.1. The largest absolute Gasteiger partial charge is 0.399 e. The Bertz CT molecular complexity index is 396. The maximum absolute atomic E-state index is 11.4. The van der Waals surface area contributed by atoms with Gasteiger partial charge in [-0.2, -0.15) is 5.26 Å². The molecule has 0 bridgehead atoms. The van der Waals surface area contributed by atoms with E-state index in [1.165, 1.54) is 12.1 Å². The molecule has 0 spiro atoms. The first-order valence-electron chi connectivity index (χ1n) is 4.07. The van der Waals surface area contributed by atoms with Crippen LogP contribution in [0.25, 0.3) is 0 Å². The van der Waals surface area contributed by atoms with E-state index in [-0.39, 0.29) is 18.1 Å². The minimum atomic E-state index is -0.0937. The van der Waals surface area contributed by atoms with Crippen molar-refractivity contribution < 1.29 is 4.79 Å². The highest BCUT2D eigenvalue weighted by atomic mass is 35.5. The lowest BCUT2D eigenvalue weighted by molar-refractivity contribution is 0.0989. The zero-order valence-electron chi connectivity index (χ0n) is 7.46. The number of hydrogen-bond donors (Lipinski definition) is 1. The highest BCUT2D eigenvalue weighted by Crippen LogP contribution is 2.13. The number of ketones is 1. The molecule has 0 unspecified atom stereocenters. The summed E-state index contributed by atoms with van der Waals surface area (Å²) in [5.41, 5.74) is 6.79. The molecule has 2 N–H and O–H groups in total. The van der Waals surface area contributed by atoms with Gasteiger partial charge in [-0.15, -0.1) is 11.6 Å². The summed E-state index contributed by atoms with van der Waals surface area (Å²) < 4.78 is 0. The zero-order chi connectivity index (χ0) is 10.6. The third-order valence-corrected chi connectivity index (χ3v) is 1.92. The number of nitrogens with zero attached hydrogens (tertiary/aromatic N) is 1. The molecule has 0 amide bonds. The number of anilines is 1. The molecule has 4 heteroatoms. The van der Waals surface area contributed by atoms with Crippen LogP contribution < -0.4 is 5.73 Å². The van der Waals surface area contributed by atoms with Crippen LogP contribution in [0.2, 0.25) is 0 Å². The number of carbonyl (C=O) groups excluding carboxylic acids is 1. The summed E-state index contributed by atoms with van der Waals surface area (Å²) in [6.45, 7) is 0. The van der Waals surface area contributed by atoms with Crippen LogP contribution in [0.4, 0.5) is 5.69 Å². The summed E-state index contributed by atoms with van der Waals surface area (Å²) in [6, 6.07) is 6.54. The van der Waals surface area contributed by atoms with E-state index in [0.717, 1.165) is 0 Å². The number of nitriles is 1. The van der Waals surface area contributed by atoms with Crippen molar-refractivity contribution in [2.75, 3.05) is 11.6 Å². The number of nitrogen functional groups attached to an aromatic ring is 1. The number of Topliss-reactive ketones (excluding diaryl/α,β-unsaturated/α-hetero) is 1. The van der Waals surface area contributed by atoms with Gasteiger partial charge in [-0.3, -0.25) is 4.79 Å². The fourth-order valence-corrected chi connectivity index (χ4v) is 1.28. The second-order valence-corrected chi connectivity index (χ2v) is 3.20. The summed E-state index contributed by atoms with van der Waals surface area (Å²) in [4.78, 5) is 11.4. The molecule has 0 aliphatic rings. The Morgan fingerprint density at radius 3 is 2.79 bits per heavy atom. The van der Waals surface area contributed by atoms with Gasteiger partial charge in [-0.1, -0.05) is 0 Å². The predicted octanol–water partition coefficient (Wildman–Crippen LogP) is 1.95. The van der Waals surface area contributed by atoms with E-state index in [1.807, 2.05) is 6.07 Å². The molecule has 14 heavy (non-hydrogen) atoms. The minimum absolute atomic E-state index is 0.0937. The first-order valence-corrected chi connectivity index (χ1v) is 4.60. The van der Waals surface area contributed by atoms with Gasteiger partial charge in [0.1, 0.15) is 0 Å². The Morgan fingerprint density at radius 1 is 1.50 bits per heavy atom. The van der Waals surface area contributed by atoms with Gasteiger partial charge in [-0.25, -0.2) is 0 Å². The number of hydrogen-bond acceptors (Lipinski definition) is 3. The van der Waals surface area contributed by atoms with Crippen molar-refractivity contribution in [3.05, 3.63) is 29.3 Å². The first kappa shape index (κ1) is 10.6. The third kappa shape index (κ3) is 2.48. The summed E-state index contributed by atoms with van der Waals surface area (Å²) in [5.74, 6) is 0.180. The molecule has 0 atom stereocenters. The minimum Gasteiger partial charge on any atom is -0.399 e. The Kier molecular flexibility index (Phi) is 3.49. The molecule has 0 radical (unpaired) electrons. The molecule has 1 aromatic carbocycles. The number of rotatable bonds is 3. The number of alkyl halides is 1. The summed E-state index contributed by atoms with van der Waals surface area (Å²) in [6.07, 6.45) is 0.260. The summed E-state index contributed by atoms with van der Waals surface area (Å²) >= 11 is 5.44. The Morgan fingerprint density at radius 2 is 2.21 bits per heavy atom. The van der Waals surface area contributed by atoms with Gasteiger partial charge in [-0.05, 0) is 18.2 Å².